The number of ether oxygens (including phenoxy) is 1. The number of benzene rings is 1. The maximum Gasteiger partial charge on any atom is 0.251 e. The predicted molar refractivity (Wildman–Crippen MR) is 82.6 cm³/mol. The molecule has 3 rings (SSSR count). The van der Waals surface area contributed by atoms with Crippen molar-refractivity contribution in [2.45, 2.75) is 45.4 Å². The average Bonchev–Trinajstić information content (AvgIpc) is 2.83. The van der Waals surface area contributed by atoms with Crippen LogP contribution in [0.3, 0.4) is 0 Å². The van der Waals surface area contributed by atoms with Gasteiger partial charge in [-0.25, -0.2) is 0 Å². The zero-order valence-corrected chi connectivity index (χ0v) is 13.1. The molecule has 1 N–H and O–H groups in total. The average molecular weight is 288 g/mol. The first-order valence-corrected chi connectivity index (χ1v) is 7.77. The van der Waals surface area contributed by atoms with Gasteiger partial charge in [0.15, 0.2) is 0 Å². The molecule has 1 aromatic carbocycles. The molecule has 0 aromatic heterocycles. The minimum atomic E-state index is 0.0509. The number of amides is 1. The second-order valence-corrected chi connectivity index (χ2v) is 6.41. The van der Waals surface area contributed by atoms with Crippen LogP contribution in [0.1, 0.15) is 34.8 Å². The van der Waals surface area contributed by atoms with Gasteiger partial charge in [-0.1, -0.05) is 12.1 Å². The lowest BCUT2D eigenvalue weighted by atomic mass is 10.0. The SMILES string of the molecule is Cc1cccc(C(=O)N[C@H]2C[C@H]3CO[C@H](C)CN3C2)c1C. The lowest BCUT2D eigenvalue weighted by Crippen LogP contribution is -2.45. The Morgan fingerprint density at radius 3 is 2.95 bits per heavy atom. The summed E-state index contributed by atoms with van der Waals surface area (Å²) >= 11 is 0. The molecule has 0 unspecified atom stereocenters. The summed E-state index contributed by atoms with van der Waals surface area (Å²) in [6, 6.07) is 6.60. The first-order chi connectivity index (χ1) is 10.0. The highest BCUT2D eigenvalue weighted by Gasteiger charge is 2.36. The molecule has 21 heavy (non-hydrogen) atoms. The van der Waals surface area contributed by atoms with Crippen molar-refractivity contribution >= 4 is 5.91 Å². The highest BCUT2D eigenvalue weighted by atomic mass is 16.5. The Balaban J connectivity index is 1.65. The van der Waals surface area contributed by atoms with Crippen LogP contribution in [0.25, 0.3) is 0 Å². The number of rotatable bonds is 2. The summed E-state index contributed by atoms with van der Waals surface area (Å²) in [6.07, 6.45) is 1.29. The summed E-state index contributed by atoms with van der Waals surface area (Å²) in [5, 5.41) is 3.20. The van der Waals surface area contributed by atoms with E-state index < -0.39 is 0 Å². The van der Waals surface area contributed by atoms with Crippen molar-refractivity contribution in [1.82, 2.24) is 10.2 Å². The largest absolute Gasteiger partial charge is 0.376 e. The number of morpholine rings is 1. The third kappa shape index (κ3) is 2.97. The van der Waals surface area contributed by atoms with E-state index in [1.165, 1.54) is 0 Å². The number of nitrogens with one attached hydrogen (secondary N) is 1. The Morgan fingerprint density at radius 2 is 2.14 bits per heavy atom. The number of fused-ring (bicyclic) bond motifs is 1. The lowest BCUT2D eigenvalue weighted by Gasteiger charge is -2.33. The van der Waals surface area contributed by atoms with Crippen molar-refractivity contribution in [1.29, 1.82) is 0 Å². The van der Waals surface area contributed by atoms with E-state index >= 15 is 0 Å². The van der Waals surface area contributed by atoms with Gasteiger partial charge >= 0.3 is 0 Å². The zero-order valence-electron chi connectivity index (χ0n) is 13.1. The van der Waals surface area contributed by atoms with E-state index in [1.807, 2.05) is 32.0 Å². The Bertz CT molecular complexity index is 544. The first-order valence-electron chi connectivity index (χ1n) is 7.77. The van der Waals surface area contributed by atoms with Gasteiger partial charge in [0.1, 0.15) is 0 Å². The molecule has 4 heteroatoms. The smallest absolute Gasteiger partial charge is 0.251 e. The Labute approximate surface area is 126 Å². The summed E-state index contributed by atoms with van der Waals surface area (Å²) in [5.41, 5.74) is 3.03. The van der Waals surface area contributed by atoms with Gasteiger partial charge in [-0.2, -0.15) is 0 Å². The first kappa shape index (κ1) is 14.5. The molecule has 0 bridgehead atoms. The van der Waals surface area contributed by atoms with Crippen LogP contribution in [0.5, 0.6) is 0 Å². The van der Waals surface area contributed by atoms with Crippen LogP contribution in [-0.4, -0.2) is 48.7 Å². The maximum atomic E-state index is 12.5. The third-order valence-electron chi connectivity index (χ3n) is 4.78. The van der Waals surface area contributed by atoms with Gasteiger partial charge in [0.05, 0.1) is 12.7 Å². The molecule has 114 valence electrons. The van der Waals surface area contributed by atoms with Crippen molar-refractivity contribution < 1.29 is 9.53 Å². The second-order valence-electron chi connectivity index (χ2n) is 6.41. The Hall–Kier alpha value is -1.39. The molecular weight excluding hydrogens is 264 g/mol. The van der Waals surface area contributed by atoms with Gasteiger partial charge in [-0.15, -0.1) is 0 Å². The molecule has 2 heterocycles. The van der Waals surface area contributed by atoms with Crippen molar-refractivity contribution in [3.05, 3.63) is 34.9 Å². The van der Waals surface area contributed by atoms with Gasteiger partial charge in [0.2, 0.25) is 0 Å². The molecule has 2 aliphatic rings. The normalized spacial score (nSPS) is 29.2. The number of nitrogens with zero attached hydrogens (tertiary/aromatic N) is 1. The zero-order chi connectivity index (χ0) is 15.0. The minimum Gasteiger partial charge on any atom is -0.376 e. The van der Waals surface area contributed by atoms with Crippen LogP contribution in [0, 0.1) is 13.8 Å². The van der Waals surface area contributed by atoms with Gasteiger partial charge in [0, 0.05) is 30.7 Å². The highest BCUT2D eigenvalue weighted by molar-refractivity contribution is 5.96. The molecule has 1 aromatic rings. The molecule has 3 atom stereocenters. The molecule has 1 amide bonds. The predicted octanol–water partition coefficient (Wildman–Crippen LogP) is 1.89. The van der Waals surface area contributed by atoms with E-state index in [-0.39, 0.29) is 11.9 Å². The standard InChI is InChI=1S/C17H24N2O2/c1-11-5-4-6-16(13(11)3)17(20)18-14-7-15-10-21-12(2)8-19(15)9-14/h4-6,12,14-15H,7-10H2,1-3H3,(H,18,20)/t12-,14+,15+/m1/s1. The molecule has 0 saturated carbocycles. The van der Waals surface area contributed by atoms with Gasteiger partial charge < -0.3 is 10.1 Å². The van der Waals surface area contributed by atoms with Crippen LogP contribution >= 0.6 is 0 Å². The van der Waals surface area contributed by atoms with Crippen LogP contribution in [0.15, 0.2) is 18.2 Å². The molecular formula is C17H24N2O2. The molecule has 2 fully saturated rings. The van der Waals surface area contributed by atoms with Gasteiger partial charge in [-0.05, 0) is 44.4 Å². The summed E-state index contributed by atoms with van der Waals surface area (Å²) < 4.78 is 5.71. The number of hydrogen-bond donors (Lipinski definition) is 1. The van der Waals surface area contributed by atoms with Crippen LogP contribution < -0.4 is 5.32 Å². The summed E-state index contributed by atoms with van der Waals surface area (Å²) in [7, 11) is 0. The van der Waals surface area contributed by atoms with Crippen LogP contribution in [0.4, 0.5) is 0 Å². The number of carbonyl (C=O) groups is 1. The van der Waals surface area contributed by atoms with Gasteiger partial charge in [-0.3, -0.25) is 9.69 Å². The van der Waals surface area contributed by atoms with Crippen molar-refractivity contribution in [2.75, 3.05) is 19.7 Å². The fourth-order valence-electron chi connectivity index (χ4n) is 3.40. The summed E-state index contributed by atoms with van der Waals surface area (Å²) in [6.45, 7) is 8.86. The van der Waals surface area contributed by atoms with Crippen molar-refractivity contribution in [3.63, 3.8) is 0 Å². The van der Waals surface area contributed by atoms with E-state index in [9.17, 15) is 4.79 Å². The quantitative estimate of drug-likeness (QED) is 0.903. The van der Waals surface area contributed by atoms with Crippen molar-refractivity contribution in [3.8, 4) is 0 Å². The third-order valence-corrected chi connectivity index (χ3v) is 4.78. The highest BCUT2D eigenvalue weighted by Crippen LogP contribution is 2.23. The summed E-state index contributed by atoms with van der Waals surface area (Å²) in [4.78, 5) is 14.9. The van der Waals surface area contributed by atoms with E-state index in [0.29, 0.717) is 12.1 Å². The number of aryl methyl sites for hydroxylation is 1. The topological polar surface area (TPSA) is 41.6 Å². The van der Waals surface area contributed by atoms with E-state index in [0.717, 1.165) is 42.8 Å². The molecule has 2 aliphatic heterocycles. The minimum absolute atomic E-state index is 0.0509. The van der Waals surface area contributed by atoms with Crippen LogP contribution in [-0.2, 0) is 4.74 Å². The number of carbonyl (C=O) groups excluding carboxylic acids is 1. The summed E-state index contributed by atoms with van der Waals surface area (Å²) in [5.74, 6) is 0.0509. The number of hydrogen-bond acceptors (Lipinski definition) is 3. The maximum absolute atomic E-state index is 12.5. The molecule has 0 spiro atoms. The fourth-order valence-corrected chi connectivity index (χ4v) is 3.40. The van der Waals surface area contributed by atoms with Crippen LogP contribution in [0.2, 0.25) is 0 Å². The van der Waals surface area contributed by atoms with E-state index in [1.54, 1.807) is 0 Å². The molecule has 0 aliphatic carbocycles. The Kier molecular flexibility index (Phi) is 4.00. The fraction of sp³-hybridized carbons (Fsp3) is 0.588. The molecule has 0 radical (unpaired) electrons. The monoisotopic (exact) mass is 288 g/mol. The lowest BCUT2D eigenvalue weighted by molar-refractivity contribution is -0.0390. The van der Waals surface area contributed by atoms with Gasteiger partial charge in [0.25, 0.3) is 5.91 Å². The second kappa shape index (κ2) is 5.78. The van der Waals surface area contributed by atoms with E-state index in [2.05, 4.69) is 17.1 Å². The molecule has 2 saturated heterocycles. The van der Waals surface area contributed by atoms with Crippen molar-refractivity contribution in [2.24, 2.45) is 0 Å². The Morgan fingerprint density at radius 1 is 1.33 bits per heavy atom. The molecule has 4 nitrogen and oxygen atoms in total. The van der Waals surface area contributed by atoms with E-state index in [4.69, 9.17) is 4.74 Å².